The van der Waals surface area contributed by atoms with Gasteiger partial charge in [0.1, 0.15) is 6.10 Å². The van der Waals surface area contributed by atoms with Crippen LogP contribution in [0.3, 0.4) is 0 Å². The van der Waals surface area contributed by atoms with Crippen molar-refractivity contribution in [3.05, 3.63) is 22.4 Å². The van der Waals surface area contributed by atoms with Crippen LogP contribution < -0.4 is 0 Å². The topological polar surface area (TPSA) is 38.7 Å². The predicted octanol–water partition coefficient (Wildman–Crippen LogP) is 1.66. The van der Waals surface area contributed by atoms with Crippen LogP contribution in [-0.4, -0.2) is 31.7 Å². The van der Waals surface area contributed by atoms with E-state index in [-0.39, 0.29) is 0 Å². The van der Waals surface area contributed by atoms with Gasteiger partial charge < -0.3 is 14.6 Å². The van der Waals surface area contributed by atoms with Crippen molar-refractivity contribution >= 4 is 11.3 Å². The van der Waals surface area contributed by atoms with Gasteiger partial charge in [-0.25, -0.2) is 0 Å². The summed E-state index contributed by atoms with van der Waals surface area (Å²) in [6.45, 7) is 0. The van der Waals surface area contributed by atoms with Gasteiger partial charge in [-0.1, -0.05) is 6.07 Å². The molecule has 1 aromatic rings. The number of hydrogen-bond acceptors (Lipinski definition) is 4. The molecule has 0 aliphatic carbocycles. The van der Waals surface area contributed by atoms with Crippen molar-refractivity contribution in [1.82, 2.24) is 0 Å². The Bertz CT molecular complexity index is 232. The molecular formula is C10H16O3S. The largest absolute Gasteiger partial charge is 0.388 e. The first kappa shape index (κ1) is 11.7. The van der Waals surface area contributed by atoms with Crippen molar-refractivity contribution in [2.75, 3.05) is 14.2 Å². The summed E-state index contributed by atoms with van der Waals surface area (Å²) < 4.78 is 9.92. The van der Waals surface area contributed by atoms with Crippen LogP contribution in [0, 0.1) is 0 Å². The number of methoxy groups -OCH3 is 2. The van der Waals surface area contributed by atoms with Gasteiger partial charge in [0.25, 0.3) is 0 Å². The van der Waals surface area contributed by atoms with Crippen molar-refractivity contribution in [2.45, 2.75) is 25.2 Å². The van der Waals surface area contributed by atoms with Crippen LogP contribution in [0.2, 0.25) is 0 Å². The first-order chi connectivity index (χ1) is 6.77. The molecule has 1 unspecified atom stereocenters. The minimum atomic E-state index is -0.563. The molecule has 1 rings (SSSR count). The highest BCUT2D eigenvalue weighted by atomic mass is 32.1. The molecule has 14 heavy (non-hydrogen) atoms. The normalized spacial score (nSPS) is 13.4. The second kappa shape index (κ2) is 6.14. The summed E-state index contributed by atoms with van der Waals surface area (Å²) in [6.07, 6.45) is 0.441. The summed E-state index contributed by atoms with van der Waals surface area (Å²) in [5.74, 6) is 0. The fraction of sp³-hybridized carbons (Fsp3) is 0.600. The van der Waals surface area contributed by atoms with Gasteiger partial charge in [0, 0.05) is 19.1 Å². The maximum absolute atomic E-state index is 9.66. The van der Waals surface area contributed by atoms with Gasteiger partial charge in [-0.15, -0.1) is 11.3 Å². The minimum absolute atomic E-state index is 0.519. The fourth-order valence-corrected chi connectivity index (χ4v) is 2.02. The highest BCUT2D eigenvalue weighted by Crippen LogP contribution is 2.14. The van der Waals surface area contributed by atoms with Crippen LogP contribution in [0.1, 0.15) is 11.3 Å². The molecule has 0 aliphatic rings. The van der Waals surface area contributed by atoms with Gasteiger partial charge in [0.05, 0.1) is 0 Å². The average molecular weight is 216 g/mol. The average Bonchev–Trinajstić information content (AvgIpc) is 2.69. The minimum Gasteiger partial charge on any atom is -0.388 e. The van der Waals surface area contributed by atoms with E-state index in [4.69, 9.17) is 9.47 Å². The lowest BCUT2D eigenvalue weighted by atomic mass is 10.1. The monoisotopic (exact) mass is 216 g/mol. The zero-order chi connectivity index (χ0) is 10.4. The fourth-order valence-electron chi connectivity index (χ4n) is 1.29. The van der Waals surface area contributed by atoms with E-state index in [1.54, 1.807) is 11.3 Å². The van der Waals surface area contributed by atoms with Gasteiger partial charge in [-0.3, -0.25) is 0 Å². The highest BCUT2D eigenvalue weighted by Gasteiger charge is 2.17. The lowest BCUT2D eigenvalue weighted by Gasteiger charge is -2.19. The maximum Gasteiger partial charge on any atom is 0.182 e. The van der Waals surface area contributed by atoms with Gasteiger partial charge >= 0.3 is 0 Å². The molecule has 0 saturated carbocycles. The number of thiophene rings is 1. The SMILES string of the molecule is COC(OC)C(O)CCc1cccs1. The number of aliphatic hydroxyl groups excluding tert-OH is 1. The van der Waals surface area contributed by atoms with E-state index in [2.05, 4.69) is 6.07 Å². The van der Waals surface area contributed by atoms with E-state index in [9.17, 15) is 5.11 Å². The Labute approximate surface area is 88.3 Å². The standard InChI is InChI=1S/C10H16O3S/c1-12-10(13-2)9(11)6-5-8-4-3-7-14-8/h3-4,7,9-11H,5-6H2,1-2H3. The van der Waals surface area contributed by atoms with Gasteiger partial charge in [0.15, 0.2) is 6.29 Å². The molecule has 0 saturated heterocycles. The molecule has 0 radical (unpaired) electrons. The Morgan fingerprint density at radius 2 is 2.14 bits per heavy atom. The van der Waals surface area contributed by atoms with Crippen molar-refractivity contribution < 1.29 is 14.6 Å². The number of hydrogen-bond donors (Lipinski definition) is 1. The zero-order valence-corrected chi connectivity index (χ0v) is 9.29. The van der Waals surface area contributed by atoms with Crippen LogP contribution in [0.5, 0.6) is 0 Å². The molecule has 1 heterocycles. The van der Waals surface area contributed by atoms with E-state index >= 15 is 0 Å². The Kier molecular flexibility index (Phi) is 5.11. The van der Waals surface area contributed by atoms with Crippen molar-refractivity contribution in [3.8, 4) is 0 Å². The number of ether oxygens (including phenoxy) is 2. The second-order valence-electron chi connectivity index (χ2n) is 3.03. The maximum atomic E-state index is 9.66. The lowest BCUT2D eigenvalue weighted by molar-refractivity contribution is -0.165. The van der Waals surface area contributed by atoms with Crippen LogP contribution >= 0.6 is 11.3 Å². The van der Waals surface area contributed by atoms with Crippen molar-refractivity contribution in [2.24, 2.45) is 0 Å². The summed E-state index contributed by atoms with van der Waals surface area (Å²) in [5.41, 5.74) is 0. The van der Waals surface area contributed by atoms with Crippen molar-refractivity contribution in [1.29, 1.82) is 0 Å². The van der Waals surface area contributed by atoms with Crippen molar-refractivity contribution in [3.63, 3.8) is 0 Å². The van der Waals surface area contributed by atoms with Gasteiger partial charge in [0.2, 0.25) is 0 Å². The summed E-state index contributed by atoms with van der Waals surface area (Å²) in [6, 6.07) is 4.07. The lowest BCUT2D eigenvalue weighted by Crippen LogP contribution is -2.30. The Morgan fingerprint density at radius 3 is 2.64 bits per heavy atom. The van der Waals surface area contributed by atoms with E-state index in [1.165, 1.54) is 19.1 Å². The first-order valence-electron chi connectivity index (χ1n) is 4.54. The molecule has 3 nitrogen and oxygen atoms in total. The zero-order valence-electron chi connectivity index (χ0n) is 8.47. The summed E-state index contributed by atoms with van der Waals surface area (Å²) >= 11 is 1.70. The molecule has 0 spiro atoms. The summed E-state index contributed by atoms with van der Waals surface area (Å²) in [4.78, 5) is 1.27. The van der Waals surface area contributed by atoms with Crippen LogP contribution in [-0.2, 0) is 15.9 Å². The Hall–Kier alpha value is -0.420. The Balaban J connectivity index is 2.30. The third kappa shape index (κ3) is 3.38. The Morgan fingerprint density at radius 1 is 1.43 bits per heavy atom. The van der Waals surface area contributed by atoms with Crippen LogP contribution in [0.25, 0.3) is 0 Å². The summed E-state index contributed by atoms with van der Waals surface area (Å²) in [5, 5.41) is 11.7. The molecule has 80 valence electrons. The highest BCUT2D eigenvalue weighted by molar-refractivity contribution is 7.09. The second-order valence-corrected chi connectivity index (χ2v) is 4.06. The third-order valence-electron chi connectivity index (χ3n) is 2.05. The van der Waals surface area contributed by atoms with Crippen LogP contribution in [0.15, 0.2) is 17.5 Å². The predicted molar refractivity (Wildman–Crippen MR) is 56.5 cm³/mol. The number of rotatable bonds is 6. The quantitative estimate of drug-likeness (QED) is 0.735. The smallest absolute Gasteiger partial charge is 0.182 e. The molecule has 1 N–H and O–H groups in total. The van der Waals surface area contributed by atoms with E-state index in [0.717, 1.165) is 6.42 Å². The molecule has 0 aliphatic heterocycles. The molecule has 1 atom stereocenters. The molecule has 0 aromatic carbocycles. The van der Waals surface area contributed by atoms with E-state index in [1.807, 2.05) is 11.4 Å². The van der Waals surface area contributed by atoms with Gasteiger partial charge in [-0.05, 0) is 24.3 Å². The van der Waals surface area contributed by atoms with Crippen LogP contribution in [0.4, 0.5) is 0 Å². The molecule has 0 amide bonds. The van der Waals surface area contributed by atoms with Gasteiger partial charge in [-0.2, -0.15) is 0 Å². The number of aryl methyl sites for hydroxylation is 1. The van der Waals surface area contributed by atoms with E-state index < -0.39 is 12.4 Å². The molecular weight excluding hydrogens is 200 g/mol. The number of aliphatic hydroxyl groups is 1. The van der Waals surface area contributed by atoms with E-state index in [0.29, 0.717) is 6.42 Å². The molecule has 0 fully saturated rings. The first-order valence-corrected chi connectivity index (χ1v) is 5.42. The third-order valence-corrected chi connectivity index (χ3v) is 2.98. The molecule has 4 heteroatoms. The summed E-state index contributed by atoms with van der Waals surface area (Å²) in [7, 11) is 3.06. The molecule has 1 aromatic heterocycles. The molecule has 0 bridgehead atoms.